The highest BCUT2D eigenvalue weighted by molar-refractivity contribution is 7.91. The number of hydrogen-bond acceptors (Lipinski definition) is 5. The van der Waals surface area contributed by atoms with Gasteiger partial charge in [0.25, 0.3) is 0 Å². The third-order valence-electron chi connectivity index (χ3n) is 3.82. The first-order valence-corrected chi connectivity index (χ1v) is 9.47. The van der Waals surface area contributed by atoms with Crippen molar-refractivity contribution in [1.82, 2.24) is 9.78 Å². The van der Waals surface area contributed by atoms with Gasteiger partial charge in [-0.3, -0.25) is 4.79 Å². The van der Waals surface area contributed by atoms with Gasteiger partial charge in [-0.25, -0.2) is 13.1 Å². The summed E-state index contributed by atoms with van der Waals surface area (Å²) < 4.78 is 30.3. The fraction of sp³-hybridized carbons (Fsp3) is 0.375. The smallest absolute Gasteiger partial charge is 0.249 e. The summed E-state index contributed by atoms with van der Waals surface area (Å²) in [5, 5.41) is 7.08. The van der Waals surface area contributed by atoms with E-state index >= 15 is 0 Å². The van der Waals surface area contributed by atoms with Crippen molar-refractivity contribution in [3.05, 3.63) is 41.5 Å². The molecular formula is C16H19N3O4S. The van der Waals surface area contributed by atoms with Crippen LogP contribution < -0.4 is 5.32 Å². The molecule has 8 heteroatoms. The number of carbonyl (C=O) groups excluding carboxylic acids is 1. The standard InChI is InChI=1S/C16H19N3O4S/c1-11-9-15(19(18-11)13-7-8-24(21,22)10-13)17-16(20)6-5-14-4-3-12(2)23-14/h3-6,9,13H,7-8,10H2,1-2H3,(H,17,20)/b6-5+. The number of aromatic nitrogens is 2. The lowest BCUT2D eigenvalue weighted by Crippen LogP contribution is -2.18. The summed E-state index contributed by atoms with van der Waals surface area (Å²) in [6.07, 6.45) is 3.46. The van der Waals surface area contributed by atoms with Crippen LogP contribution in [-0.4, -0.2) is 35.6 Å². The molecule has 2 aromatic rings. The summed E-state index contributed by atoms with van der Waals surface area (Å²) in [4.78, 5) is 12.1. The van der Waals surface area contributed by atoms with E-state index in [0.717, 1.165) is 11.5 Å². The Labute approximate surface area is 140 Å². The maximum atomic E-state index is 12.1. The number of furan rings is 1. The first kappa shape index (κ1) is 16.5. The molecule has 1 fully saturated rings. The third kappa shape index (κ3) is 3.76. The largest absolute Gasteiger partial charge is 0.462 e. The summed E-state index contributed by atoms with van der Waals surface area (Å²) in [6.45, 7) is 3.63. The highest BCUT2D eigenvalue weighted by Crippen LogP contribution is 2.27. The normalized spacial score (nSPS) is 19.8. The molecule has 0 aromatic carbocycles. The first-order chi connectivity index (χ1) is 11.3. The van der Waals surface area contributed by atoms with Crippen molar-refractivity contribution in [2.24, 2.45) is 0 Å². The molecule has 24 heavy (non-hydrogen) atoms. The van der Waals surface area contributed by atoms with E-state index in [1.165, 1.54) is 6.08 Å². The average Bonchev–Trinajstić information content (AvgIpc) is 3.16. The minimum absolute atomic E-state index is 0.0541. The quantitative estimate of drug-likeness (QED) is 0.853. The summed E-state index contributed by atoms with van der Waals surface area (Å²) in [7, 11) is -3.02. The topological polar surface area (TPSA) is 94.2 Å². The molecular weight excluding hydrogens is 330 g/mol. The van der Waals surface area contributed by atoms with Gasteiger partial charge < -0.3 is 9.73 Å². The zero-order chi connectivity index (χ0) is 17.3. The Morgan fingerprint density at radius 2 is 2.21 bits per heavy atom. The van der Waals surface area contributed by atoms with Crippen LogP contribution in [0.15, 0.2) is 28.7 Å². The molecule has 1 N–H and O–H groups in total. The van der Waals surface area contributed by atoms with Crippen LogP contribution >= 0.6 is 0 Å². The second-order valence-electron chi connectivity index (χ2n) is 5.94. The number of sulfone groups is 1. The highest BCUT2D eigenvalue weighted by Gasteiger charge is 2.31. The van der Waals surface area contributed by atoms with Crippen LogP contribution in [0.1, 0.15) is 29.7 Å². The number of carbonyl (C=O) groups is 1. The zero-order valence-electron chi connectivity index (χ0n) is 13.5. The molecule has 0 saturated carbocycles. The lowest BCUT2D eigenvalue weighted by atomic mass is 10.3. The van der Waals surface area contributed by atoms with E-state index in [-0.39, 0.29) is 23.5 Å². The Balaban J connectivity index is 1.73. The lowest BCUT2D eigenvalue weighted by molar-refractivity contribution is -0.111. The number of hydrogen-bond donors (Lipinski definition) is 1. The molecule has 128 valence electrons. The summed E-state index contributed by atoms with van der Waals surface area (Å²) in [5.74, 6) is 1.74. The van der Waals surface area contributed by atoms with E-state index in [2.05, 4.69) is 10.4 Å². The molecule has 2 aromatic heterocycles. The van der Waals surface area contributed by atoms with Crippen molar-refractivity contribution >= 4 is 27.6 Å². The van der Waals surface area contributed by atoms with Gasteiger partial charge in [0.05, 0.1) is 23.2 Å². The monoisotopic (exact) mass is 349 g/mol. The predicted molar refractivity (Wildman–Crippen MR) is 90.4 cm³/mol. The minimum Gasteiger partial charge on any atom is -0.462 e. The molecule has 1 unspecified atom stereocenters. The molecule has 0 aliphatic carbocycles. The van der Waals surface area contributed by atoms with Crippen LogP contribution in [-0.2, 0) is 14.6 Å². The Bertz CT molecular complexity index is 892. The third-order valence-corrected chi connectivity index (χ3v) is 5.57. The Morgan fingerprint density at radius 1 is 1.42 bits per heavy atom. The molecule has 3 rings (SSSR count). The number of rotatable bonds is 4. The van der Waals surface area contributed by atoms with Gasteiger partial charge in [0, 0.05) is 12.1 Å². The van der Waals surface area contributed by atoms with Crippen molar-refractivity contribution in [3.8, 4) is 0 Å². The number of aryl methyl sites for hydroxylation is 2. The minimum atomic E-state index is -3.02. The number of anilines is 1. The molecule has 0 spiro atoms. The maximum Gasteiger partial charge on any atom is 0.249 e. The van der Waals surface area contributed by atoms with Gasteiger partial charge in [0.1, 0.15) is 17.3 Å². The van der Waals surface area contributed by atoms with Gasteiger partial charge in [0.2, 0.25) is 5.91 Å². The van der Waals surface area contributed by atoms with E-state index in [9.17, 15) is 13.2 Å². The average molecular weight is 349 g/mol. The number of amides is 1. The van der Waals surface area contributed by atoms with Gasteiger partial charge in [-0.1, -0.05) is 0 Å². The fourth-order valence-corrected chi connectivity index (χ4v) is 4.42. The SMILES string of the molecule is Cc1cc(NC(=O)/C=C/c2ccc(C)o2)n(C2CCS(=O)(=O)C2)n1. The van der Waals surface area contributed by atoms with E-state index in [1.807, 2.05) is 13.0 Å². The van der Waals surface area contributed by atoms with Crippen LogP contribution in [0.2, 0.25) is 0 Å². The molecule has 1 atom stereocenters. The lowest BCUT2D eigenvalue weighted by Gasteiger charge is -2.13. The van der Waals surface area contributed by atoms with Crippen LogP contribution in [0.3, 0.4) is 0 Å². The highest BCUT2D eigenvalue weighted by atomic mass is 32.2. The molecule has 0 bridgehead atoms. The first-order valence-electron chi connectivity index (χ1n) is 7.64. The van der Waals surface area contributed by atoms with Crippen molar-refractivity contribution in [1.29, 1.82) is 0 Å². The Hall–Kier alpha value is -2.35. The molecule has 3 heterocycles. The van der Waals surface area contributed by atoms with Crippen molar-refractivity contribution in [2.45, 2.75) is 26.3 Å². The molecule has 0 radical (unpaired) electrons. The van der Waals surface area contributed by atoms with Crippen LogP contribution in [0.5, 0.6) is 0 Å². The summed E-state index contributed by atoms with van der Waals surface area (Å²) in [5.41, 5.74) is 0.722. The van der Waals surface area contributed by atoms with Crippen LogP contribution in [0, 0.1) is 13.8 Å². The molecule has 1 aliphatic heterocycles. The van der Waals surface area contributed by atoms with Crippen molar-refractivity contribution in [3.63, 3.8) is 0 Å². The van der Waals surface area contributed by atoms with Crippen molar-refractivity contribution < 1.29 is 17.6 Å². The Morgan fingerprint density at radius 3 is 2.83 bits per heavy atom. The second kappa shape index (κ2) is 6.27. The van der Waals surface area contributed by atoms with Gasteiger partial charge in [-0.2, -0.15) is 5.10 Å². The van der Waals surface area contributed by atoms with Crippen LogP contribution in [0.4, 0.5) is 5.82 Å². The molecule has 1 aliphatic rings. The van der Waals surface area contributed by atoms with Gasteiger partial charge in [0.15, 0.2) is 9.84 Å². The van der Waals surface area contributed by atoms with E-state index in [1.54, 1.807) is 29.8 Å². The molecule has 1 amide bonds. The second-order valence-corrected chi connectivity index (χ2v) is 8.17. The van der Waals surface area contributed by atoms with Gasteiger partial charge >= 0.3 is 0 Å². The van der Waals surface area contributed by atoms with E-state index in [4.69, 9.17) is 4.42 Å². The van der Waals surface area contributed by atoms with Gasteiger partial charge in [-0.15, -0.1) is 0 Å². The zero-order valence-corrected chi connectivity index (χ0v) is 14.3. The fourth-order valence-electron chi connectivity index (χ4n) is 2.73. The molecule has 7 nitrogen and oxygen atoms in total. The van der Waals surface area contributed by atoms with E-state index in [0.29, 0.717) is 18.0 Å². The predicted octanol–water partition coefficient (Wildman–Crippen LogP) is 2.10. The number of nitrogens with one attached hydrogen (secondary N) is 1. The Kier molecular flexibility index (Phi) is 4.31. The van der Waals surface area contributed by atoms with Crippen LogP contribution in [0.25, 0.3) is 6.08 Å². The van der Waals surface area contributed by atoms with Crippen molar-refractivity contribution in [2.75, 3.05) is 16.8 Å². The molecule has 1 saturated heterocycles. The van der Waals surface area contributed by atoms with E-state index < -0.39 is 9.84 Å². The maximum absolute atomic E-state index is 12.1. The summed E-state index contributed by atoms with van der Waals surface area (Å²) in [6, 6.07) is 5.08. The number of nitrogens with zero attached hydrogens (tertiary/aromatic N) is 2. The van der Waals surface area contributed by atoms with Gasteiger partial charge in [-0.05, 0) is 38.5 Å². The summed E-state index contributed by atoms with van der Waals surface area (Å²) >= 11 is 0.